The molecule has 59 heavy (non-hydrogen) atoms. The smallest absolute Gasteiger partial charge is 0.132 e. The van der Waals surface area contributed by atoms with E-state index in [4.69, 9.17) is 4.74 Å². The van der Waals surface area contributed by atoms with Gasteiger partial charge in [-0.25, -0.2) is 0 Å². The molecule has 8 aromatic carbocycles. The molecule has 0 fully saturated rings. The van der Waals surface area contributed by atoms with Crippen molar-refractivity contribution < 1.29 is 4.74 Å². The summed E-state index contributed by atoms with van der Waals surface area (Å²) in [6, 6.07) is 68.5. The van der Waals surface area contributed by atoms with E-state index in [1.54, 1.807) is 11.8 Å². The van der Waals surface area contributed by atoms with E-state index in [9.17, 15) is 0 Å². The lowest BCUT2D eigenvalue weighted by molar-refractivity contribution is 0.436. The Morgan fingerprint density at radius 2 is 1.12 bits per heavy atom. The fourth-order valence-corrected chi connectivity index (χ4v) is 10.2. The number of thioether (sulfide) groups is 1. The number of hydrogen-bond donors (Lipinski definition) is 0. The van der Waals surface area contributed by atoms with Crippen molar-refractivity contribution in [2.75, 3.05) is 4.90 Å². The first-order valence-corrected chi connectivity index (χ1v) is 21.0. The van der Waals surface area contributed by atoms with Gasteiger partial charge in [0.2, 0.25) is 0 Å². The Balaban J connectivity index is 1.10. The van der Waals surface area contributed by atoms with Gasteiger partial charge in [0.15, 0.2) is 0 Å². The zero-order valence-electron chi connectivity index (χ0n) is 32.4. The van der Waals surface area contributed by atoms with E-state index in [-0.39, 0.29) is 0 Å². The molecule has 0 saturated carbocycles. The average Bonchev–Trinajstić information content (AvgIpc) is 3.61. The Hall–Kier alpha value is -7.07. The molecule has 0 bridgehead atoms. The number of fused-ring (bicyclic) bond motifs is 10. The van der Waals surface area contributed by atoms with Crippen molar-refractivity contribution >= 4 is 28.8 Å². The quantitative estimate of drug-likeness (QED) is 0.173. The van der Waals surface area contributed by atoms with E-state index < -0.39 is 5.41 Å². The van der Waals surface area contributed by atoms with Crippen LogP contribution >= 0.6 is 11.8 Å². The van der Waals surface area contributed by atoms with Gasteiger partial charge < -0.3 is 9.64 Å². The number of para-hydroxylation sites is 3. The predicted molar refractivity (Wildman–Crippen MR) is 246 cm³/mol. The molecule has 2 heterocycles. The fraction of sp³-hybridized carbons (Fsp3) is 0.0357. The minimum Gasteiger partial charge on any atom is -0.457 e. The van der Waals surface area contributed by atoms with Crippen LogP contribution in [0.15, 0.2) is 229 Å². The van der Waals surface area contributed by atoms with E-state index in [0.29, 0.717) is 0 Å². The van der Waals surface area contributed by atoms with E-state index in [1.807, 2.05) is 0 Å². The topological polar surface area (TPSA) is 12.5 Å². The number of ether oxygens (including phenoxy) is 1. The molecule has 280 valence electrons. The van der Waals surface area contributed by atoms with Gasteiger partial charge in [0.05, 0.1) is 11.1 Å². The molecular weight excluding hydrogens is 735 g/mol. The zero-order chi connectivity index (χ0) is 39.3. The maximum atomic E-state index is 6.65. The third-order valence-electron chi connectivity index (χ3n) is 11.9. The molecule has 0 amide bonds. The summed E-state index contributed by atoms with van der Waals surface area (Å²) in [5, 5.41) is 0. The van der Waals surface area contributed by atoms with Crippen molar-refractivity contribution in [2.45, 2.75) is 16.7 Å². The Kier molecular flexibility index (Phi) is 8.57. The predicted octanol–water partition coefficient (Wildman–Crippen LogP) is 15.2. The summed E-state index contributed by atoms with van der Waals surface area (Å²) < 4.78 is 6.65. The first-order chi connectivity index (χ1) is 29.2. The van der Waals surface area contributed by atoms with Crippen LogP contribution in [0.25, 0.3) is 33.4 Å². The molecule has 2 nitrogen and oxygen atoms in total. The van der Waals surface area contributed by atoms with Gasteiger partial charge in [0.25, 0.3) is 0 Å². The third-order valence-corrected chi connectivity index (χ3v) is 13.0. The molecule has 0 radical (unpaired) electrons. The third kappa shape index (κ3) is 5.81. The fourth-order valence-electron chi connectivity index (χ4n) is 9.37. The highest BCUT2D eigenvalue weighted by Crippen LogP contribution is 2.62. The van der Waals surface area contributed by atoms with Crippen LogP contribution in [-0.2, 0) is 11.8 Å². The van der Waals surface area contributed by atoms with E-state index in [0.717, 1.165) is 56.6 Å². The van der Waals surface area contributed by atoms with Crippen molar-refractivity contribution in [1.29, 1.82) is 0 Å². The summed E-state index contributed by atoms with van der Waals surface area (Å²) in [7, 11) is 0. The maximum Gasteiger partial charge on any atom is 0.132 e. The summed E-state index contributed by atoms with van der Waals surface area (Å²) in [6.45, 7) is 4.25. The summed E-state index contributed by atoms with van der Waals surface area (Å²) in [4.78, 5) is 4.73. The second-order valence-corrected chi connectivity index (χ2v) is 16.4. The summed E-state index contributed by atoms with van der Waals surface area (Å²) in [5.74, 6) is 1.78. The minimum absolute atomic E-state index is 0.568. The highest BCUT2D eigenvalue weighted by molar-refractivity contribution is 8.03. The highest BCUT2D eigenvalue weighted by Gasteiger charge is 2.51. The number of hydrogen-bond acceptors (Lipinski definition) is 3. The summed E-state index contributed by atoms with van der Waals surface area (Å²) in [5.41, 5.74) is 16.1. The molecule has 3 aliphatic rings. The van der Waals surface area contributed by atoms with Crippen LogP contribution in [0, 0.1) is 0 Å². The molecule has 8 aromatic rings. The molecule has 1 spiro atoms. The largest absolute Gasteiger partial charge is 0.457 e. The SMILES string of the molecule is C=C1/C=C\C=C/Cc2cc(-c3ccc(N(c4ccc5c(c4)C4(c6ccccc6Oc6ccccc64)c4ccccc4-5)c4ccccc4-c4ccccc4)cc3)ccc2S1. The number of allylic oxidation sites excluding steroid dienone is 4. The molecule has 0 saturated heterocycles. The number of benzene rings is 8. The molecule has 1 aliphatic carbocycles. The van der Waals surface area contributed by atoms with E-state index >= 15 is 0 Å². The minimum atomic E-state index is -0.568. The van der Waals surface area contributed by atoms with Gasteiger partial charge in [-0.05, 0) is 112 Å². The first-order valence-electron chi connectivity index (χ1n) is 20.2. The number of nitrogens with zero attached hydrogens (tertiary/aromatic N) is 1. The monoisotopic (exact) mass is 773 g/mol. The van der Waals surface area contributed by atoms with Crippen LogP contribution in [0.4, 0.5) is 17.1 Å². The number of anilines is 3. The molecular formula is C56H39NOS. The molecule has 2 aliphatic heterocycles. The van der Waals surface area contributed by atoms with Crippen molar-refractivity contribution in [3.05, 3.63) is 252 Å². The van der Waals surface area contributed by atoms with Crippen LogP contribution in [0.1, 0.15) is 27.8 Å². The van der Waals surface area contributed by atoms with Gasteiger partial charge in [0, 0.05) is 37.9 Å². The van der Waals surface area contributed by atoms with Crippen LogP contribution in [0.2, 0.25) is 0 Å². The van der Waals surface area contributed by atoms with Gasteiger partial charge in [-0.15, -0.1) is 0 Å². The average molecular weight is 774 g/mol. The van der Waals surface area contributed by atoms with Gasteiger partial charge >= 0.3 is 0 Å². The number of rotatable bonds is 5. The standard InChI is InChI=1S/C56H39NOS/c1-38-16-4-2-7-19-42-36-41(30-35-55(42)59-38)39-28-31-43(32-29-39)57(52-25-13-9-20-45(52)40-17-5-3-6-18-40)44-33-34-47-46-21-8-10-22-48(46)56(51(47)37-44)49-23-11-14-26-53(49)58-54-27-15-12-24-50(54)56/h2-18,20-37H,1,19H2/b7-2-,16-4-. The normalized spacial score (nSPS) is 15.2. The Morgan fingerprint density at radius 3 is 1.90 bits per heavy atom. The Morgan fingerprint density at radius 1 is 0.492 bits per heavy atom. The summed E-state index contributed by atoms with van der Waals surface area (Å²) in [6.07, 6.45) is 9.36. The Bertz CT molecular complexity index is 2950. The van der Waals surface area contributed by atoms with Crippen molar-refractivity contribution in [3.8, 4) is 44.9 Å². The van der Waals surface area contributed by atoms with Crippen molar-refractivity contribution in [3.63, 3.8) is 0 Å². The van der Waals surface area contributed by atoms with Crippen LogP contribution in [0.5, 0.6) is 11.5 Å². The lowest BCUT2D eigenvalue weighted by Crippen LogP contribution is -2.32. The van der Waals surface area contributed by atoms with Crippen molar-refractivity contribution in [2.24, 2.45) is 0 Å². The molecule has 0 aromatic heterocycles. The second kappa shape index (κ2) is 14.4. The molecule has 0 atom stereocenters. The lowest BCUT2D eigenvalue weighted by Gasteiger charge is -2.39. The first kappa shape index (κ1) is 35.1. The zero-order valence-corrected chi connectivity index (χ0v) is 33.2. The molecule has 3 heteroatoms. The van der Waals surface area contributed by atoms with E-state index in [1.165, 1.54) is 49.4 Å². The van der Waals surface area contributed by atoms with Gasteiger partial charge in [-0.2, -0.15) is 0 Å². The molecule has 11 rings (SSSR count). The van der Waals surface area contributed by atoms with Crippen molar-refractivity contribution in [1.82, 2.24) is 0 Å². The maximum absolute atomic E-state index is 6.65. The van der Waals surface area contributed by atoms with Crippen LogP contribution in [0.3, 0.4) is 0 Å². The van der Waals surface area contributed by atoms with Gasteiger partial charge in [-0.1, -0.05) is 170 Å². The van der Waals surface area contributed by atoms with Crippen LogP contribution in [-0.4, -0.2) is 0 Å². The molecule has 0 unspecified atom stereocenters. The van der Waals surface area contributed by atoms with Gasteiger partial charge in [-0.3, -0.25) is 0 Å². The Labute approximate surface area is 350 Å². The summed E-state index contributed by atoms with van der Waals surface area (Å²) >= 11 is 1.73. The lowest BCUT2D eigenvalue weighted by atomic mass is 9.66. The van der Waals surface area contributed by atoms with E-state index in [2.05, 4.69) is 224 Å². The highest BCUT2D eigenvalue weighted by atomic mass is 32.2. The van der Waals surface area contributed by atoms with Crippen LogP contribution < -0.4 is 9.64 Å². The molecule has 0 N–H and O–H groups in total. The van der Waals surface area contributed by atoms with Gasteiger partial charge in [0.1, 0.15) is 11.5 Å². The second-order valence-electron chi connectivity index (χ2n) is 15.3.